The molecular weight excluding hydrogens is 286 g/mol. The molecule has 108 valence electrons. The van der Waals surface area contributed by atoms with E-state index in [0.29, 0.717) is 16.8 Å². The lowest BCUT2D eigenvalue weighted by Gasteiger charge is -2.08. The molecule has 2 aromatic rings. The number of hydrogen-bond donors (Lipinski definition) is 2. The van der Waals surface area contributed by atoms with Gasteiger partial charge in [-0.05, 0) is 29.3 Å². The minimum Gasteiger partial charge on any atom is -0.398 e. The van der Waals surface area contributed by atoms with Crippen LogP contribution in [0.1, 0.15) is 16.7 Å². The summed E-state index contributed by atoms with van der Waals surface area (Å²) in [5, 5.41) is 8.70. The Morgan fingerprint density at radius 1 is 1.10 bits per heavy atom. The first kappa shape index (κ1) is 15.0. The molecule has 0 radical (unpaired) electrons. The average molecular weight is 301 g/mol. The van der Waals surface area contributed by atoms with Gasteiger partial charge in [-0.25, -0.2) is 13.1 Å². The van der Waals surface area contributed by atoms with Crippen molar-refractivity contribution in [1.82, 2.24) is 4.72 Å². The standard InChI is InChI=1S/C15H15N3O2S/c16-9-12-5-7-13(8-6-12)11-21(19,20)18-10-14-3-1-2-4-15(14)17/h1-8,18H,10-11,17H2. The van der Waals surface area contributed by atoms with Gasteiger partial charge in [0.25, 0.3) is 0 Å². The van der Waals surface area contributed by atoms with E-state index in [1.54, 1.807) is 48.5 Å². The van der Waals surface area contributed by atoms with Gasteiger partial charge in [0.15, 0.2) is 0 Å². The summed E-state index contributed by atoms with van der Waals surface area (Å²) in [6, 6.07) is 15.6. The molecule has 0 spiro atoms. The SMILES string of the molecule is N#Cc1ccc(CS(=O)(=O)NCc2ccccc2N)cc1. The number of hydrogen-bond acceptors (Lipinski definition) is 4. The summed E-state index contributed by atoms with van der Waals surface area (Å²) < 4.78 is 26.6. The summed E-state index contributed by atoms with van der Waals surface area (Å²) in [6.45, 7) is 0.158. The molecule has 5 nitrogen and oxygen atoms in total. The number of nitrogen functional groups attached to an aromatic ring is 1. The number of sulfonamides is 1. The highest BCUT2D eigenvalue weighted by molar-refractivity contribution is 7.88. The van der Waals surface area contributed by atoms with Gasteiger partial charge in [-0.15, -0.1) is 0 Å². The van der Waals surface area contributed by atoms with Crippen LogP contribution in [0.5, 0.6) is 0 Å². The highest BCUT2D eigenvalue weighted by Crippen LogP contribution is 2.12. The van der Waals surface area contributed by atoms with Crippen LogP contribution in [0.25, 0.3) is 0 Å². The fraction of sp³-hybridized carbons (Fsp3) is 0.133. The van der Waals surface area contributed by atoms with Crippen molar-refractivity contribution < 1.29 is 8.42 Å². The predicted molar refractivity (Wildman–Crippen MR) is 81.5 cm³/mol. The smallest absolute Gasteiger partial charge is 0.216 e. The Kier molecular flexibility index (Phi) is 4.58. The molecule has 0 fully saturated rings. The Morgan fingerprint density at radius 3 is 2.38 bits per heavy atom. The zero-order valence-corrected chi connectivity index (χ0v) is 12.1. The molecule has 0 saturated carbocycles. The van der Waals surface area contributed by atoms with Crippen molar-refractivity contribution in [3.8, 4) is 6.07 Å². The zero-order valence-electron chi connectivity index (χ0n) is 11.3. The van der Waals surface area contributed by atoms with Gasteiger partial charge in [0.2, 0.25) is 10.0 Å². The van der Waals surface area contributed by atoms with E-state index >= 15 is 0 Å². The summed E-state index contributed by atoms with van der Waals surface area (Å²) in [7, 11) is -3.46. The molecule has 0 aliphatic carbocycles. The lowest BCUT2D eigenvalue weighted by Crippen LogP contribution is -2.25. The van der Waals surface area contributed by atoms with E-state index in [4.69, 9.17) is 11.0 Å². The van der Waals surface area contributed by atoms with E-state index in [1.165, 1.54) is 0 Å². The molecule has 0 unspecified atom stereocenters. The van der Waals surface area contributed by atoms with E-state index in [2.05, 4.69) is 4.72 Å². The highest BCUT2D eigenvalue weighted by atomic mass is 32.2. The second kappa shape index (κ2) is 6.39. The molecule has 0 bridgehead atoms. The van der Waals surface area contributed by atoms with Gasteiger partial charge in [0.1, 0.15) is 0 Å². The first-order valence-electron chi connectivity index (χ1n) is 6.30. The number of nitrogens with zero attached hydrogens (tertiary/aromatic N) is 1. The summed E-state index contributed by atoms with van der Waals surface area (Å²) in [6.07, 6.45) is 0. The number of nitriles is 1. The van der Waals surface area contributed by atoms with Crippen LogP contribution in [0, 0.1) is 11.3 Å². The molecule has 0 aliphatic rings. The third kappa shape index (κ3) is 4.31. The molecule has 0 heterocycles. The maximum absolute atomic E-state index is 12.0. The maximum atomic E-state index is 12.0. The summed E-state index contributed by atoms with van der Waals surface area (Å²) in [4.78, 5) is 0. The molecule has 0 saturated heterocycles. The molecule has 21 heavy (non-hydrogen) atoms. The average Bonchev–Trinajstić information content (AvgIpc) is 2.47. The van der Waals surface area contributed by atoms with Crippen molar-refractivity contribution in [1.29, 1.82) is 5.26 Å². The van der Waals surface area contributed by atoms with Crippen molar-refractivity contribution in [3.63, 3.8) is 0 Å². The zero-order chi connectivity index (χ0) is 15.3. The Balaban J connectivity index is 2.02. The van der Waals surface area contributed by atoms with Crippen LogP contribution in [0.3, 0.4) is 0 Å². The van der Waals surface area contributed by atoms with E-state index < -0.39 is 10.0 Å². The lowest BCUT2D eigenvalue weighted by atomic mass is 10.2. The third-order valence-electron chi connectivity index (χ3n) is 2.98. The molecular formula is C15H15N3O2S. The Labute approximate surface area is 124 Å². The van der Waals surface area contributed by atoms with Gasteiger partial charge >= 0.3 is 0 Å². The monoisotopic (exact) mass is 301 g/mol. The fourth-order valence-corrected chi connectivity index (χ4v) is 2.94. The van der Waals surface area contributed by atoms with E-state index in [0.717, 1.165) is 5.56 Å². The van der Waals surface area contributed by atoms with Crippen molar-refractivity contribution >= 4 is 15.7 Å². The number of rotatable bonds is 5. The molecule has 2 aromatic carbocycles. The molecule has 0 aliphatic heterocycles. The van der Waals surface area contributed by atoms with Gasteiger partial charge in [-0.2, -0.15) is 5.26 Å². The lowest BCUT2D eigenvalue weighted by molar-refractivity contribution is 0.580. The summed E-state index contributed by atoms with van der Waals surface area (Å²) >= 11 is 0. The van der Waals surface area contributed by atoms with Gasteiger partial charge in [-0.1, -0.05) is 30.3 Å². The first-order valence-corrected chi connectivity index (χ1v) is 7.95. The predicted octanol–water partition coefficient (Wildman–Crippen LogP) is 1.76. The quantitative estimate of drug-likeness (QED) is 0.822. The maximum Gasteiger partial charge on any atom is 0.216 e. The second-order valence-corrected chi connectivity index (χ2v) is 6.39. The number of para-hydroxylation sites is 1. The van der Waals surface area contributed by atoms with Crippen molar-refractivity contribution in [2.45, 2.75) is 12.3 Å². The molecule has 0 amide bonds. The molecule has 0 aromatic heterocycles. The number of nitrogens with two attached hydrogens (primary N) is 1. The van der Waals surface area contributed by atoms with E-state index in [-0.39, 0.29) is 12.3 Å². The van der Waals surface area contributed by atoms with E-state index in [9.17, 15) is 8.42 Å². The Morgan fingerprint density at radius 2 is 1.76 bits per heavy atom. The Hall–Kier alpha value is -2.36. The van der Waals surface area contributed by atoms with Crippen LogP contribution in [0.4, 0.5) is 5.69 Å². The van der Waals surface area contributed by atoms with Crippen molar-refractivity contribution in [3.05, 3.63) is 65.2 Å². The summed E-state index contributed by atoms with van der Waals surface area (Å²) in [5.41, 5.74) is 8.19. The normalized spacial score (nSPS) is 11.0. The van der Waals surface area contributed by atoms with Crippen LogP contribution in [-0.4, -0.2) is 8.42 Å². The van der Waals surface area contributed by atoms with Crippen LogP contribution < -0.4 is 10.5 Å². The minimum atomic E-state index is -3.46. The third-order valence-corrected chi connectivity index (χ3v) is 4.27. The fourth-order valence-electron chi connectivity index (χ4n) is 1.83. The topological polar surface area (TPSA) is 96.0 Å². The summed E-state index contributed by atoms with van der Waals surface area (Å²) in [5.74, 6) is -0.133. The van der Waals surface area contributed by atoms with Gasteiger partial charge in [0.05, 0.1) is 17.4 Å². The van der Waals surface area contributed by atoms with Crippen LogP contribution in [0.15, 0.2) is 48.5 Å². The Bertz CT molecular complexity index is 762. The first-order chi connectivity index (χ1) is 10.00. The van der Waals surface area contributed by atoms with Crippen LogP contribution in [-0.2, 0) is 22.3 Å². The minimum absolute atomic E-state index is 0.133. The van der Waals surface area contributed by atoms with Crippen molar-refractivity contribution in [2.24, 2.45) is 0 Å². The highest BCUT2D eigenvalue weighted by Gasteiger charge is 2.12. The molecule has 2 rings (SSSR count). The van der Waals surface area contributed by atoms with Crippen LogP contribution in [0.2, 0.25) is 0 Å². The van der Waals surface area contributed by atoms with Gasteiger partial charge in [-0.3, -0.25) is 0 Å². The van der Waals surface area contributed by atoms with Gasteiger partial charge in [0, 0.05) is 12.2 Å². The largest absolute Gasteiger partial charge is 0.398 e. The van der Waals surface area contributed by atoms with Crippen LogP contribution >= 0.6 is 0 Å². The number of benzene rings is 2. The number of anilines is 1. The molecule has 6 heteroatoms. The van der Waals surface area contributed by atoms with E-state index in [1.807, 2.05) is 6.07 Å². The molecule has 3 N–H and O–H groups in total. The number of nitrogens with one attached hydrogen (secondary N) is 1. The second-order valence-electron chi connectivity index (χ2n) is 4.59. The van der Waals surface area contributed by atoms with Crippen molar-refractivity contribution in [2.75, 3.05) is 5.73 Å². The van der Waals surface area contributed by atoms with Gasteiger partial charge < -0.3 is 5.73 Å². The molecule has 0 atom stereocenters.